The van der Waals surface area contributed by atoms with Crippen LogP contribution in [0, 0.1) is 17.3 Å². The van der Waals surface area contributed by atoms with E-state index in [1.807, 2.05) is 39.8 Å². The standard InChI is InChI=1S/C37H51ClN4O7.C2H6/c1-22(2)17-29(35(45)46)42-36(47)37(4,5)21-40-34(44)28(19-25-13-16-30(48-6)27(38)18-25)41-31(43)10-8-7-9-23(3)32-33(49-32)26-14-11-24(20-39)12-15-26;1-2/h8,10-16,18,22-23,28-29,32-33H,7,9,17,19-21,39H2,1-6H3,(H,40,44)(H,41,43)(H,42,47)(H,45,46);1-2H3/b10-8+;/t23-,28+,29-,32?,33?;/m0./s1. The van der Waals surface area contributed by atoms with Crippen molar-refractivity contribution < 1.29 is 33.8 Å². The zero-order valence-electron chi connectivity index (χ0n) is 31.3. The maximum atomic E-state index is 13.5. The van der Waals surface area contributed by atoms with Crippen molar-refractivity contribution in [3.8, 4) is 5.75 Å². The fourth-order valence-corrected chi connectivity index (χ4v) is 5.72. The molecular formula is C39H57ClN4O7. The molecule has 0 aromatic heterocycles. The van der Waals surface area contributed by atoms with Crippen molar-refractivity contribution >= 4 is 35.3 Å². The molecule has 1 aliphatic rings. The van der Waals surface area contributed by atoms with E-state index in [0.29, 0.717) is 29.3 Å². The van der Waals surface area contributed by atoms with Crippen LogP contribution in [0.4, 0.5) is 0 Å². The highest BCUT2D eigenvalue weighted by molar-refractivity contribution is 6.32. The van der Waals surface area contributed by atoms with Crippen LogP contribution in [0.15, 0.2) is 54.6 Å². The van der Waals surface area contributed by atoms with Gasteiger partial charge in [-0.25, -0.2) is 4.79 Å². The number of nitrogens with one attached hydrogen (secondary N) is 3. The SMILES string of the molecule is CC.COc1ccc(C[C@@H](NC(=O)/C=C/CC[C@H](C)C2OC2c2ccc(CN)cc2)C(=O)NCC(C)(C)C(=O)N[C@@H](CC(C)C)C(=O)O)cc1Cl. The van der Waals surface area contributed by atoms with Gasteiger partial charge in [-0.3, -0.25) is 14.4 Å². The molecule has 5 atom stereocenters. The number of hydrogen-bond acceptors (Lipinski definition) is 7. The smallest absolute Gasteiger partial charge is 0.326 e. The van der Waals surface area contributed by atoms with Gasteiger partial charge in [0.15, 0.2) is 0 Å². The number of benzene rings is 2. The van der Waals surface area contributed by atoms with Gasteiger partial charge in [-0.2, -0.15) is 0 Å². The minimum absolute atomic E-state index is 0.0578. The topological polar surface area (TPSA) is 172 Å². The minimum Gasteiger partial charge on any atom is -0.495 e. The van der Waals surface area contributed by atoms with Gasteiger partial charge in [0.2, 0.25) is 17.7 Å². The van der Waals surface area contributed by atoms with E-state index in [9.17, 15) is 24.3 Å². The van der Waals surface area contributed by atoms with Crippen molar-refractivity contribution in [3.05, 3.63) is 76.3 Å². The van der Waals surface area contributed by atoms with Gasteiger partial charge < -0.3 is 36.3 Å². The molecule has 51 heavy (non-hydrogen) atoms. The summed E-state index contributed by atoms with van der Waals surface area (Å²) < 4.78 is 11.2. The maximum absolute atomic E-state index is 13.5. The largest absolute Gasteiger partial charge is 0.495 e. The van der Waals surface area contributed by atoms with Gasteiger partial charge >= 0.3 is 5.97 Å². The van der Waals surface area contributed by atoms with Crippen LogP contribution in [0.3, 0.4) is 0 Å². The Labute approximate surface area is 308 Å². The van der Waals surface area contributed by atoms with Gasteiger partial charge in [0.25, 0.3) is 0 Å². The molecule has 11 nitrogen and oxygen atoms in total. The van der Waals surface area contributed by atoms with E-state index < -0.39 is 41.2 Å². The molecule has 1 fully saturated rings. The summed E-state index contributed by atoms with van der Waals surface area (Å²) in [5.41, 5.74) is 7.46. The Bertz CT molecular complexity index is 1480. The lowest BCUT2D eigenvalue weighted by Crippen LogP contribution is -2.53. The van der Waals surface area contributed by atoms with Crippen LogP contribution >= 0.6 is 11.6 Å². The lowest BCUT2D eigenvalue weighted by Gasteiger charge is -2.28. The summed E-state index contributed by atoms with van der Waals surface area (Å²) in [6.07, 6.45) is 5.24. The second-order valence-corrected chi connectivity index (χ2v) is 14.2. The lowest BCUT2D eigenvalue weighted by atomic mass is 9.91. The average Bonchev–Trinajstić information content (AvgIpc) is 3.90. The predicted molar refractivity (Wildman–Crippen MR) is 200 cm³/mol. The van der Waals surface area contributed by atoms with Gasteiger partial charge in [0.05, 0.1) is 23.7 Å². The summed E-state index contributed by atoms with van der Waals surface area (Å²) in [5.74, 6) is -1.76. The summed E-state index contributed by atoms with van der Waals surface area (Å²) >= 11 is 6.32. The molecule has 2 aromatic rings. The first-order chi connectivity index (χ1) is 24.1. The lowest BCUT2D eigenvalue weighted by molar-refractivity contribution is -0.144. The molecule has 1 saturated heterocycles. The zero-order valence-corrected chi connectivity index (χ0v) is 32.0. The highest BCUT2D eigenvalue weighted by atomic mass is 35.5. The number of amides is 3. The number of allylic oxidation sites excluding steroid dienone is 1. The normalized spacial score (nSPS) is 17.1. The van der Waals surface area contributed by atoms with Crippen LogP contribution in [0.25, 0.3) is 0 Å². The molecule has 0 saturated carbocycles. The number of carbonyl (C=O) groups excluding carboxylic acids is 3. The van der Waals surface area contributed by atoms with Crippen molar-refractivity contribution in [2.45, 2.75) is 105 Å². The Kier molecular flexibility index (Phi) is 17.6. The molecule has 0 bridgehead atoms. The highest BCUT2D eigenvalue weighted by Crippen LogP contribution is 2.44. The van der Waals surface area contributed by atoms with Crippen molar-refractivity contribution in [1.82, 2.24) is 16.0 Å². The van der Waals surface area contributed by atoms with E-state index in [1.165, 1.54) is 13.2 Å². The van der Waals surface area contributed by atoms with Gasteiger partial charge in [0.1, 0.15) is 23.9 Å². The zero-order chi connectivity index (χ0) is 38.3. The molecule has 12 heteroatoms. The number of carbonyl (C=O) groups is 4. The molecule has 1 heterocycles. The number of carboxylic acid groups (broad SMARTS) is 1. The van der Waals surface area contributed by atoms with E-state index >= 15 is 0 Å². The fraction of sp³-hybridized carbons (Fsp3) is 0.538. The highest BCUT2D eigenvalue weighted by Gasteiger charge is 2.43. The Morgan fingerprint density at radius 2 is 1.67 bits per heavy atom. The molecule has 2 unspecified atom stereocenters. The van der Waals surface area contributed by atoms with Crippen molar-refractivity contribution in [1.29, 1.82) is 0 Å². The Morgan fingerprint density at radius 1 is 1.02 bits per heavy atom. The van der Waals surface area contributed by atoms with Crippen molar-refractivity contribution in [3.63, 3.8) is 0 Å². The second-order valence-electron chi connectivity index (χ2n) is 13.8. The summed E-state index contributed by atoms with van der Waals surface area (Å²) in [5, 5.41) is 18.1. The van der Waals surface area contributed by atoms with Crippen LogP contribution in [-0.2, 0) is 36.9 Å². The van der Waals surface area contributed by atoms with E-state index in [2.05, 4.69) is 35.0 Å². The number of epoxide rings is 1. The van der Waals surface area contributed by atoms with E-state index in [4.69, 9.17) is 26.8 Å². The van der Waals surface area contributed by atoms with Gasteiger partial charge in [0, 0.05) is 19.5 Å². The Balaban J connectivity index is 0.00000442. The Hall–Kier alpha value is -3.93. The van der Waals surface area contributed by atoms with E-state index in [-0.39, 0.29) is 43.4 Å². The number of nitrogens with two attached hydrogens (primary N) is 1. The number of ether oxygens (including phenoxy) is 2. The first-order valence-electron chi connectivity index (χ1n) is 17.7. The molecule has 282 valence electrons. The summed E-state index contributed by atoms with van der Waals surface area (Å²) in [6.45, 7) is 13.5. The summed E-state index contributed by atoms with van der Waals surface area (Å²) in [6, 6.07) is 11.2. The van der Waals surface area contributed by atoms with Crippen molar-refractivity contribution in [2.24, 2.45) is 23.0 Å². The third-order valence-corrected chi connectivity index (χ3v) is 8.90. The van der Waals surface area contributed by atoms with E-state index in [0.717, 1.165) is 17.5 Å². The third-order valence-electron chi connectivity index (χ3n) is 8.61. The second kappa shape index (κ2) is 20.8. The Morgan fingerprint density at radius 3 is 2.24 bits per heavy atom. The summed E-state index contributed by atoms with van der Waals surface area (Å²) in [7, 11) is 1.50. The molecule has 1 aliphatic heterocycles. The third kappa shape index (κ3) is 14.0. The van der Waals surface area contributed by atoms with Crippen LogP contribution in [0.1, 0.15) is 90.5 Å². The first kappa shape index (κ1) is 43.2. The first-order valence-corrected chi connectivity index (χ1v) is 18.1. The number of aliphatic carboxylic acids is 1. The van der Waals surface area contributed by atoms with Gasteiger partial charge in [-0.05, 0) is 79.8 Å². The monoisotopic (exact) mass is 728 g/mol. The number of methoxy groups -OCH3 is 1. The van der Waals surface area contributed by atoms with Gasteiger partial charge in [-0.1, -0.05) is 82.6 Å². The molecule has 2 aromatic carbocycles. The van der Waals surface area contributed by atoms with Crippen molar-refractivity contribution in [2.75, 3.05) is 13.7 Å². The van der Waals surface area contributed by atoms with Crippen LogP contribution in [0.2, 0.25) is 5.02 Å². The molecule has 0 spiro atoms. The number of halogens is 1. The fourth-order valence-electron chi connectivity index (χ4n) is 5.44. The van der Waals surface area contributed by atoms with Crippen LogP contribution in [-0.4, -0.2) is 60.6 Å². The number of carboxylic acids is 1. The molecule has 0 radical (unpaired) electrons. The van der Waals surface area contributed by atoms with Crippen LogP contribution in [0.5, 0.6) is 5.75 Å². The van der Waals surface area contributed by atoms with E-state index in [1.54, 1.807) is 38.1 Å². The predicted octanol–water partition coefficient (Wildman–Crippen LogP) is 5.73. The summed E-state index contributed by atoms with van der Waals surface area (Å²) in [4.78, 5) is 51.2. The average molecular weight is 729 g/mol. The molecule has 0 aliphatic carbocycles. The number of rotatable bonds is 19. The van der Waals surface area contributed by atoms with Crippen LogP contribution < -0.4 is 26.4 Å². The minimum atomic E-state index is -1.13. The molecule has 6 N–H and O–H groups in total. The number of hydrogen-bond donors (Lipinski definition) is 5. The quantitative estimate of drug-likeness (QED) is 0.0901. The maximum Gasteiger partial charge on any atom is 0.326 e. The molecule has 3 rings (SSSR count). The molecule has 3 amide bonds. The molecular weight excluding hydrogens is 672 g/mol. The van der Waals surface area contributed by atoms with Gasteiger partial charge in [-0.15, -0.1) is 0 Å².